The van der Waals surface area contributed by atoms with Crippen molar-refractivity contribution >= 4 is 17.9 Å². The highest BCUT2D eigenvalue weighted by molar-refractivity contribution is 5.98. The monoisotopic (exact) mass is 384 g/mol. The van der Waals surface area contributed by atoms with Crippen LogP contribution in [-0.4, -0.2) is 29.6 Å². The molecule has 0 bridgehead atoms. The van der Waals surface area contributed by atoms with Gasteiger partial charge in [-0.15, -0.1) is 0 Å². The number of esters is 1. The summed E-state index contributed by atoms with van der Waals surface area (Å²) >= 11 is 0. The minimum Gasteiger partial charge on any atom is -0.457 e. The molecular formula is C21H24N2O5. The van der Waals surface area contributed by atoms with Crippen molar-refractivity contribution in [2.24, 2.45) is 0 Å². The van der Waals surface area contributed by atoms with Gasteiger partial charge in [0.05, 0.1) is 5.56 Å². The zero-order valence-corrected chi connectivity index (χ0v) is 16.3. The number of imide groups is 1. The van der Waals surface area contributed by atoms with Gasteiger partial charge in [0.15, 0.2) is 6.10 Å². The van der Waals surface area contributed by atoms with Crippen molar-refractivity contribution in [3.05, 3.63) is 60.2 Å². The third kappa shape index (κ3) is 6.75. The van der Waals surface area contributed by atoms with Gasteiger partial charge in [-0.25, -0.2) is 9.59 Å². The molecule has 2 N–H and O–H groups in total. The van der Waals surface area contributed by atoms with E-state index in [0.29, 0.717) is 11.5 Å². The van der Waals surface area contributed by atoms with Crippen molar-refractivity contribution in [1.82, 2.24) is 10.6 Å². The number of carbonyl (C=O) groups excluding carboxylic acids is 3. The predicted octanol–water partition coefficient (Wildman–Crippen LogP) is 3.65. The number of ether oxygens (including phenoxy) is 2. The van der Waals surface area contributed by atoms with Crippen LogP contribution in [0.5, 0.6) is 11.5 Å². The second-order valence-electron chi connectivity index (χ2n) is 7.18. The molecule has 0 heterocycles. The van der Waals surface area contributed by atoms with Crippen LogP contribution in [0, 0.1) is 0 Å². The average molecular weight is 384 g/mol. The molecule has 0 saturated heterocycles. The molecule has 7 nitrogen and oxygen atoms in total. The van der Waals surface area contributed by atoms with Gasteiger partial charge in [0.25, 0.3) is 5.91 Å². The number of rotatable bonds is 5. The molecule has 2 aromatic carbocycles. The van der Waals surface area contributed by atoms with E-state index in [1.807, 2.05) is 18.2 Å². The molecule has 0 aliphatic carbocycles. The largest absolute Gasteiger partial charge is 0.457 e. The predicted molar refractivity (Wildman–Crippen MR) is 104 cm³/mol. The summed E-state index contributed by atoms with van der Waals surface area (Å²) in [5.74, 6) is -0.322. The van der Waals surface area contributed by atoms with E-state index in [4.69, 9.17) is 9.47 Å². The van der Waals surface area contributed by atoms with Gasteiger partial charge in [0, 0.05) is 5.54 Å². The molecule has 148 valence electrons. The normalized spacial score (nSPS) is 11.9. The van der Waals surface area contributed by atoms with E-state index >= 15 is 0 Å². The first-order valence-electron chi connectivity index (χ1n) is 8.81. The maximum Gasteiger partial charge on any atom is 0.339 e. The minimum absolute atomic E-state index is 0.229. The number of urea groups is 1. The lowest BCUT2D eigenvalue weighted by Crippen LogP contribution is -2.50. The van der Waals surface area contributed by atoms with Crippen molar-refractivity contribution in [1.29, 1.82) is 0 Å². The van der Waals surface area contributed by atoms with Crippen LogP contribution in [-0.2, 0) is 9.53 Å². The van der Waals surface area contributed by atoms with Gasteiger partial charge in [-0.3, -0.25) is 10.1 Å². The highest BCUT2D eigenvalue weighted by Gasteiger charge is 2.22. The SMILES string of the molecule is C[C@H](OC(=O)c1cccc(Oc2ccccc2)c1)C(=O)NC(=O)NC(C)(C)C. The van der Waals surface area contributed by atoms with Crippen molar-refractivity contribution in [2.75, 3.05) is 0 Å². The number of para-hydroxylation sites is 1. The first kappa shape index (κ1) is 21.0. The Labute approximate surface area is 164 Å². The molecule has 2 rings (SSSR count). The molecule has 28 heavy (non-hydrogen) atoms. The molecule has 3 amide bonds. The maximum atomic E-state index is 12.3. The van der Waals surface area contributed by atoms with Crippen LogP contribution in [0.25, 0.3) is 0 Å². The fourth-order valence-corrected chi connectivity index (χ4v) is 2.18. The van der Waals surface area contributed by atoms with Gasteiger partial charge >= 0.3 is 12.0 Å². The fraction of sp³-hybridized carbons (Fsp3) is 0.286. The zero-order valence-electron chi connectivity index (χ0n) is 16.3. The Balaban J connectivity index is 1.95. The third-order valence-corrected chi connectivity index (χ3v) is 3.43. The average Bonchev–Trinajstić information content (AvgIpc) is 2.61. The first-order valence-corrected chi connectivity index (χ1v) is 8.81. The van der Waals surface area contributed by atoms with E-state index < -0.39 is 29.6 Å². The molecule has 7 heteroatoms. The lowest BCUT2D eigenvalue weighted by Gasteiger charge is -2.21. The summed E-state index contributed by atoms with van der Waals surface area (Å²) in [6.07, 6.45) is -1.14. The van der Waals surface area contributed by atoms with Crippen LogP contribution in [0.3, 0.4) is 0 Å². The zero-order chi connectivity index (χ0) is 20.7. The first-order chi connectivity index (χ1) is 13.1. The smallest absolute Gasteiger partial charge is 0.339 e. The van der Waals surface area contributed by atoms with Crippen LogP contribution >= 0.6 is 0 Å². The van der Waals surface area contributed by atoms with Crippen LogP contribution < -0.4 is 15.4 Å². The summed E-state index contributed by atoms with van der Waals surface area (Å²) in [5.41, 5.74) is -0.268. The second kappa shape index (κ2) is 9.03. The van der Waals surface area contributed by atoms with E-state index in [9.17, 15) is 14.4 Å². The summed E-state index contributed by atoms with van der Waals surface area (Å²) < 4.78 is 10.8. The number of hydrogen-bond donors (Lipinski definition) is 2. The summed E-state index contributed by atoms with van der Waals surface area (Å²) in [6.45, 7) is 6.74. The third-order valence-electron chi connectivity index (χ3n) is 3.43. The maximum absolute atomic E-state index is 12.3. The highest BCUT2D eigenvalue weighted by atomic mass is 16.5. The Morgan fingerprint density at radius 3 is 2.21 bits per heavy atom. The molecule has 0 unspecified atom stereocenters. The van der Waals surface area contributed by atoms with Gasteiger partial charge in [0.1, 0.15) is 11.5 Å². The summed E-state index contributed by atoms with van der Waals surface area (Å²) in [7, 11) is 0. The van der Waals surface area contributed by atoms with Crippen LogP contribution in [0.4, 0.5) is 4.79 Å². The number of hydrogen-bond acceptors (Lipinski definition) is 5. The van der Waals surface area contributed by atoms with Crippen molar-refractivity contribution in [2.45, 2.75) is 39.3 Å². The van der Waals surface area contributed by atoms with Crippen LogP contribution in [0.15, 0.2) is 54.6 Å². The van der Waals surface area contributed by atoms with E-state index in [1.54, 1.807) is 51.1 Å². The number of carbonyl (C=O) groups is 3. The topological polar surface area (TPSA) is 93.7 Å². The number of amides is 3. The molecule has 0 aromatic heterocycles. The van der Waals surface area contributed by atoms with E-state index in [0.717, 1.165) is 0 Å². The molecule has 2 aromatic rings. The molecule has 0 aliphatic heterocycles. The van der Waals surface area contributed by atoms with Gasteiger partial charge in [0.2, 0.25) is 0 Å². The summed E-state index contributed by atoms with van der Waals surface area (Å²) in [4.78, 5) is 36.1. The quantitative estimate of drug-likeness (QED) is 0.768. The van der Waals surface area contributed by atoms with Crippen molar-refractivity contribution in [3.8, 4) is 11.5 Å². The highest BCUT2D eigenvalue weighted by Crippen LogP contribution is 2.22. The second-order valence-corrected chi connectivity index (χ2v) is 7.18. The van der Waals surface area contributed by atoms with Crippen molar-refractivity contribution in [3.63, 3.8) is 0 Å². The molecule has 0 saturated carbocycles. The van der Waals surface area contributed by atoms with E-state index in [2.05, 4.69) is 10.6 Å². The minimum atomic E-state index is -1.14. The van der Waals surface area contributed by atoms with E-state index in [1.165, 1.54) is 13.0 Å². The van der Waals surface area contributed by atoms with Crippen molar-refractivity contribution < 1.29 is 23.9 Å². The molecule has 0 spiro atoms. The summed E-state index contributed by atoms with van der Waals surface area (Å²) in [5, 5.41) is 4.74. The van der Waals surface area contributed by atoms with Gasteiger partial charge in [-0.05, 0) is 58.0 Å². The lowest BCUT2D eigenvalue weighted by molar-refractivity contribution is -0.127. The summed E-state index contributed by atoms with van der Waals surface area (Å²) in [6, 6.07) is 14.9. The molecule has 0 aliphatic rings. The Bertz CT molecular complexity index is 843. The Kier molecular flexibility index (Phi) is 6.76. The van der Waals surface area contributed by atoms with Crippen LogP contribution in [0.1, 0.15) is 38.1 Å². The molecule has 0 radical (unpaired) electrons. The molecular weight excluding hydrogens is 360 g/mol. The Morgan fingerprint density at radius 2 is 1.57 bits per heavy atom. The van der Waals surface area contributed by atoms with E-state index in [-0.39, 0.29) is 5.56 Å². The van der Waals surface area contributed by atoms with Crippen LogP contribution in [0.2, 0.25) is 0 Å². The van der Waals surface area contributed by atoms with Gasteiger partial charge in [-0.2, -0.15) is 0 Å². The molecule has 0 fully saturated rings. The molecule has 1 atom stereocenters. The van der Waals surface area contributed by atoms with Gasteiger partial charge < -0.3 is 14.8 Å². The fourth-order valence-electron chi connectivity index (χ4n) is 2.18. The van der Waals surface area contributed by atoms with Gasteiger partial charge in [-0.1, -0.05) is 24.3 Å². The lowest BCUT2D eigenvalue weighted by atomic mass is 10.1. The Hall–Kier alpha value is -3.35. The Morgan fingerprint density at radius 1 is 0.929 bits per heavy atom. The number of nitrogens with one attached hydrogen (secondary N) is 2. The number of benzene rings is 2. The standard InChI is InChI=1S/C21H24N2O5/c1-14(18(24)22-20(26)23-21(2,3)4)27-19(25)15-9-8-12-17(13-15)28-16-10-6-5-7-11-16/h5-14H,1-4H3,(H2,22,23,24,26)/t14-/m0/s1.